The number of aromatic carboxylic acids is 1. The molecule has 22 heavy (non-hydrogen) atoms. The molecule has 1 heterocycles. The van der Waals surface area contributed by atoms with Crippen molar-refractivity contribution in [1.29, 1.82) is 0 Å². The quantitative estimate of drug-likeness (QED) is 0.437. The number of hydrogen-bond donors (Lipinski definition) is 1. The number of allylic oxidation sites excluding steroid dienone is 2. The van der Waals surface area contributed by atoms with Crippen molar-refractivity contribution in [2.75, 3.05) is 5.32 Å². The van der Waals surface area contributed by atoms with E-state index in [1.165, 1.54) is 0 Å². The molecule has 1 aliphatic heterocycles. The van der Waals surface area contributed by atoms with Crippen molar-refractivity contribution in [3.05, 3.63) is 45.5 Å². The van der Waals surface area contributed by atoms with Crippen LogP contribution in [-0.2, 0) is 4.79 Å². The first-order valence-corrected chi connectivity index (χ1v) is 6.58. The summed E-state index contributed by atoms with van der Waals surface area (Å²) in [4.78, 5) is 33.1. The van der Waals surface area contributed by atoms with Gasteiger partial charge in [-0.2, -0.15) is 0 Å². The summed E-state index contributed by atoms with van der Waals surface area (Å²) in [5.41, 5.74) is -0.435. The summed E-state index contributed by atoms with van der Waals surface area (Å²) >= 11 is 0. The van der Waals surface area contributed by atoms with Gasteiger partial charge in [0.15, 0.2) is 0 Å². The van der Waals surface area contributed by atoms with Crippen LogP contribution in [0, 0.1) is 16.0 Å². The highest BCUT2D eigenvalue weighted by atomic mass is 16.6. The van der Waals surface area contributed by atoms with E-state index in [-0.39, 0.29) is 22.5 Å². The van der Waals surface area contributed by atoms with Gasteiger partial charge in [-0.05, 0) is 18.4 Å². The van der Waals surface area contributed by atoms with Crippen LogP contribution in [0.15, 0.2) is 24.3 Å². The molecule has 2 aliphatic rings. The highest BCUT2D eigenvalue weighted by Crippen LogP contribution is 2.49. The van der Waals surface area contributed by atoms with Crippen LogP contribution in [0.1, 0.15) is 28.3 Å². The van der Waals surface area contributed by atoms with Gasteiger partial charge in [0.2, 0.25) is 0 Å². The van der Waals surface area contributed by atoms with Gasteiger partial charge in [-0.25, -0.2) is 0 Å². The lowest BCUT2D eigenvalue weighted by atomic mass is 9.77. The van der Waals surface area contributed by atoms with E-state index in [1.807, 2.05) is 0 Å². The zero-order valence-corrected chi connectivity index (χ0v) is 11.1. The Hall–Kier alpha value is -2.90. The lowest BCUT2D eigenvalue weighted by Crippen LogP contribution is -2.49. The summed E-state index contributed by atoms with van der Waals surface area (Å²) < 4.78 is 0. The molecule has 3 rings (SSSR count). The van der Waals surface area contributed by atoms with Crippen LogP contribution in [0.2, 0.25) is 0 Å². The normalized spacial score (nSPS) is 25.0. The predicted octanol–water partition coefficient (Wildman–Crippen LogP) is -0.838. The van der Waals surface area contributed by atoms with E-state index in [0.717, 1.165) is 12.1 Å². The molecule has 3 atom stereocenters. The average Bonchev–Trinajstić information content (AvgIpc) is 2.93. The second kappa shape index (κ2) is 4.83. The smallest absolute Gasteiger partial charge is 0.275 e. The number of nitrogens with one attached hydrogen (secondary N) is 1. The van der Waals surface area contributed by atoms with Crippen molar-refractivity contribution in [1.82, 2.24) is 0 Å². The largest absolute Gasteiger partial charge is 0.548 e. The molecule has 1 N–H and O–H groups in total. The topological polar surface area (TPSA) is 135 Å². The van der Waals surface area contributed by atoms with Crippen LogP contribution in [0.25, 0.3) is 0 Å². The molecule has 0 saturated heterocycles. The number of nitro benzene ring substituents is 1. The summed E-state index contributed by atoms with van der Waals surface area (Å²) in [6.45, 7) is 0. The van der Waals surface area contributed by atoms with E-state index in [2.05, 4.69) is 5.32 Å². The van der Waals surface area contributed by atoms with Crippen LogP contribution >= 0.6 is 0 Å². The maximum atomic E-state index is 11.3. The Labute approximate surface area is 124 Å². The minimum Gasteiger partial charge on any atom is -0.548 e. The van der Waals surface area contributed by atoms with Crippen LogP contribution in [-0.4, -0.2) is 22.9 Å². The minimum atomic E-state index is -1.53. The predicted molar refractivity (Wildman–Crippen MR) is 69.8 cm³/mol. The maximum Gasteiger partial charge on any atom is 0.275 e. The van der Waals surface area contributed by atoms with Crippen molar-refractivity contribution in [3.63, 3.8) is 0 Å². The number of anilines is 1. The number of aliphatic carboxylic acids is 1. The van der Waals surface area contributed by atoms with Crippen LogP contribution in [0.3, 0.4) is 0 Å². The molecule has 0 saturated carbocycles. The van der Waals surface area contributed by atoms with Crippen LogP contribution in [0.4, 0.5) is 11.4 Å². The third-order valence-electron chi connectivity index (χ3n) is 4.17. The Balaban J connectivity index is 2.27. The molecule has 1 aliphatic carbocycles. The highest BCUT2D eigenvalue weighted by Gasteiger charge is 2.42. The number of benzene rings is 1. The van der Waals surface area contributed by atoms with E-state index in [0.29, 0.717) is 6.42 Å². The SMILES string of the molecule is O=C([O-])c1ccc([N+](=O)[O-])c2c1N[C@@H](C(=O)[O-])[C@H]1CC=C[C@H]21. The fraction of sp³-hybridized carbons (Fsp3) is 0.286. The van der Waals surface area contributed by atoms with Crippen molar-refractivity contribution in [3.8, 4) is 0 Å². The van der Waals surface area contributed by atoms with E-state index in [1.54, 1.807) is 12.2 Å². The molecule has 114 valence electrons. The molecule has 0 radical (unpaired) electrons. The summed E-state index contributed by atoms with van der Waals surface area (Å²) in [6.07, 6.45) is 3.83. The number of carboxylic acids is 2. The first kappa shape index (κ1) is 14.1. The number of rotatable bonds is 3. The maximum absolute atomic E-state index is 11.3. The summed E-state index contributed by atoms with van der Waals surface area (Å²) in [7, 11) is 0. The van der Waals surface area contributed by atoms with Crippen molar-refractivity contribution < 1.29 is 24.7 Å². The van der Waals surface area contributed by atoms with Gasteiger partial charge in [0.05, 0.1) is 34.2 Å². The number of nitro groups is 1. The Morgan fingerprint density at radius 3 is 2.59 bits per heavy atom. The van der Waals surface area contributed by atoms with Crippen LogP contribution < -0.4 is 15.5 Å². The van der Waals surface area contributed by atoms with Gasteiger partial charge in [-0.1, -0.05) is 12.2 Å². The van der Waals surface area contributed by atoms with Crippen molar-refractivity contribution >= 4 is 23.3 Å². The second-order valence-electron chi connectivity index (χ2n) is 5.26. The molecule has 0 fully saturated rings. The van der Waals surface area contributed by atoms with Gasteiger partial charge in [0.25, 0.3) is 5.69 Å². The van der Waals surface area contributed by atoms with E-state index >= 15 is 0 Å². The van der Waals surface area contributed by atoms with Gasteiger partial charge >= 0.3 is 0 Å². The Kier molecular flexibility index (Phi) is 3.09. The van der Waals surface area contributed by atoms with Gasteiger partial charge < -0.3 is 25.1 Å². The second-order valence-corrected chi connectivity index (χ2v) is 5.26. The fourth-order valence-corrected chi connectivity index (χ4v) is 3.25. The third-order valence-corrected chi connectivity index (χ3v) is 4.17. The number of hydrogen-bond acceptors (Lipinski definition) is 7. The average molecular weight is 302 g/mol. The van der Waals surface area contributed by atoms with E-state index in [4.69, 9.17) is 0 Å². The zero-order valence-electron chi connectivity index (χ0n) is 11.1. The molecule has 1 aromatic rings. The van der Waals surface area contributed by atoms with Gasteiger partial charge in [0, 0.05) is 17.5 Å². The molecular weight excluding hydrogens is 292 g/mol. The Morgan fingerprint density at radius 2 is 2.00 bits per heavy atom. The Morgan fingerprint density at radius 1 is 1.27 bits per heavy atom. The standard InChI is InChI=1S/C14H12N2O6/c17-13(18)8-4-5-9(16(21)22)10-6-2-1-3-7(6)12(14(19)20)15-11(8)10/h1-2,4-7,12,15H,3H2,(H,17,18)(H,19,20)/p-2/t6-,7-,12+/m0/s1. The molecule has 0 spiro atoms. The van der Waals surface area contributed by atoms with Gasteiger partial charge in [-0.3, -0.25) is 10.1 Å². The summed E-state index contributed by atoms with van der Waals surface area (Å²) in [5.74, 6) is -3.90. The van der Waals surface area contributed by atoms with E-state index < -0.39 is 34.7 Å². The monoisotopic (exact) mass is 302 g/mol. The highest BCUT2D eigenvalue weighted by molar-refractivity contribution is 5.97. The molecule has 0 unspecified atom stereocenters. The van der Waals surface area contributed by atoms with E-state index in [9.17, 15) is 29.9 Å². The third kappa shape index (κ3) is 1.92. The first-order valence-electron chi connectivity index (χ1n) is 6.58. The number of nitrogens with zero attached hydrogens (tertiary/aromatic N) is 1. The zero-order chi connectivity index (χ0) is 16.0. The molecule has 8 heteroatoms. The first-order chi connectivity index (χ1) is 10.4. The number of carboxylic acid groups (broad SMARTS) is 2. The number of carbonyl (C=O) groups is 2. The van der Waals surface area contributed by atoms with Crippen molar-refractivity contribution in [2.24, 2.45) is 5.92 Å². The van der Waals surface area contributed by atoms with Crippen molar-refractivity contribution in [2.45, 2.75) is 18.4 Å². The molecule has 0 aromatic heterocycles. The minimum absolute atomic E-state index is 0.0730. The summed E-state index contributed by atoms with van der Waals surface area (Å²) in [5, 5.41) is 36.3. The van der Waals surface area contributed by atoms with Gasteiger partial charge in [0.1, 0.15) is 0 Å². The molecule has 1 aromatic carbocycles. The molecule has 0 bridgehead atoms. The molecule has 0 amide bonds. The van der Waals surface area contributed by atoms with Gasteiger partial charge in [-0.15, -0.1) is 0 Å². The van der Waals surface area contributed by atoms with Crippen LogP contribution in [0.5, 0.6) is 0 Å². The Bertz CT molecular complexity index is 726. The molecular formula is C14H10N2O6-2. The number of fused-ring (bicyclic) bond motifs is 3. The summed E-state index contributed by atoms with van der Waals surface area (Å²) in [6, 6.07) is 1.03. The fourth-order valence-electron chi connectivity index (χ4n) is 3.25. The molecule has 8 nitrogen and oxygen atoms in total. The lowest BCUT2D eigenvalue weighted by Gasteiger charge is -2.38. The number of carbonyl (C=O) groups excluding carboxylic acids is 2. The lowest BCUT2D eigenvalue weighted by molar-refractivity contribution is -0.385.